The topological polar surface area (TPSA) is 72.5 Å². The van der Waals surface area contributed by atoms with Crippen molar-refractivity contribution in [2.45, 2.75) is 6.92 Å². The first-order chi connectivity index (χ1) is 11.3. The lowest BCUT2D eigenvalue weighted by molar-refractivity contribution is 0.104. The molecule has 0 saturated heterocycles. The summed E-state index contributed by atoms with van der Waals surface area (Å²) in [5.41, 5.74) is 2.79. The van der Waals surface area contributed by atoms with Gasteiger partial charge in [0.15, 0.2) is 5.78 Å². The molecule has 0 radical (unpaired) electrons. The van der Waals surface area contributed by atoms with E-state index in [1.807, 2.05) is 25.1 Å². The number of carbonyl (C=O) groups is 1. The average Bonchev–Trinajstić information content (AvgIpc) is 2.52. The van der Waals surface area contributed by atoms with E-state index in [-0.39, 0.29) is 5.78 Å². The maximum atomic E-state index is 12.2. The fraction of sp³-hybridized carbons (Fsp3) is 0.167. The highest BCUT2D eigenvalue weighted by Gasteiger charge is 2.05. The van der Waals surface area contributed by atoms with Crippen molar-refractivity contribution < 1.29 is 17.9 Å². The molecular formula is C18H19NO4S. The van der Waals surface area contributed by atoms with E-state index in [2.05, 4.69) is 4.72 Å². The van der Waals surface area contributed by atoms with Gasteiger partial charge in [0, 0.05) is 11.3 Å². The van der Waals surface area contributed by atoms with E-state index >= 15 is 0 Å². The number of rotatable bonds is 6. The molecule has 6 heteroatoms. The van der Waals surface area contributed by atoms with Crippen LogP contribution in [0.25, 0.3) is 6.08 Å². The summed E-state index contributed by atoms with van der Waals surface area (Å²) in [5.74, 6) is 0.641. The molecule has 0 heterocycles. The second kappa shape index (κ2) is 7.31. The molecule has 0 amide bonds. The number of benzene rings is 2. The molecule has 0 unspecified atom stereocenters. The van der Waals surface area contributed by atoms with Gasteiger partial charge in [-0.2, -0.15) is 0 Å². The van der Waals surface area contributed by atoms with Gasteiger partial charge >= 0.3 is 0 Å². The van der Waals surface area contributed by atoms with Crippen molar-refractivity contribution >= 4 is 27.6 Å². The number of methoxy groups -OCH3 is 1. The molecule has 0 spiro atoms. The quantitative estimate of drug-likeness (QED) is 0.644. The van der Waals surface area contributed by atoms with Gasteiger partial charge in [-0.25, -0.2) is 8.42 Å². The number of hydrogen-bond acceptors (Lipinski definition) is 4. The molecule has 0 bridgehead atoms. The largest absolute Gasteiger partial charge is 0.496 e. The van der Waals surface area contributed by atoms with Crippen LogP contribution in [0.2, 0.25) is 0 Å². The average molecular weight is 345 g/mol. The van der Waals surface area contributed by atoms with Gasteiger partial charge in [0.25, 0.3) is 0 Å². The van der Waals surface area contributed by atoms with E-state index in [0.29, 0.717) is 11.3 Å². The minimum absolute atomic E-state index is 0.158. The summed E-state index contributed by atoms with van der Waals surface area (Å²) >= 11 is 0. The van der Waals surface area contributed by atoms with E-state index in [0.717, 1.165) is 23.1 Å². The van der Waals surface area contributed by atoms with Crippen LogP contribution in [-0.2, 0) is 10.0 Å². The van der Waals surface area contributed by atoms with Crippen LogP contribution < -0.4 is 9.46 Å². The SMILES string of the molecule is COc1ccc(C=CC(=O)c2ccc(NS(C)(=O)=O)cc2)cc1C. The lowest BCUT2D eigenvalue weighted by atomic mass is 10.1. The first kappa shape index (κ1) is 17.7. The van der Waals surface area contributed by atoms with E-state index in [1.54, 1.807) is 37.5 Å². The summed E-state index contributed by atoms with van der Waals surface area (Å²) in [5, 5.41) is 0. The molecular weight excluding hydrogens is 326 g/mol. The fourth-order valence-electron chi connectivity index (χ4n) is 2.19. The first-order valence-electron chi connectivity index (χ1n) is 7.23. The third kappa shape index (κ3) is 4.96. The first-order valence-corrected chi connectivity index (χ1v) is 9.12. The van der Waals surface area contributed by atoms with Crippen molar-refractivity contribution in [3.8, 4) is 5.75 Å². The number of allylic oxidation sites excluding steroid dienone is 1. The Labute approximate surface area is 142 Å². The molecule has 0 fully saturated rings. The lowest BCUT2D eigenvalue weighted by Gasteiger charge is -2.05. The predicted molar refractivity (Wildman–Crippen MR) is 96.0 cm³/mol. The number of anilines is 1. The van der Waals surface area contributed by atoms with Crippen LogP contribution in [0.4, 0.5) is 5.69 Å². The van der Waals surface area contributed by atoms with Gasteiger partial charge in [0.1, 0.15) is 5.75 Å². The van der Waals surface area contributed by atoms with Crippen LogP contribution in [0.3, 0.4) is 0 Å². The Kier molecular flexibility index (Phi) is 5.41. The van der Waals surface area contributed by atoms with Crippen molar-refractivity contribution in [1.82, 2.24) is 0 Å². The molecule has 5 nitrogen and oxygen atoms in total. The van der Waals surface area contributed by atoms with Gasteiger partial charge in [-0.1, -0.05) is 12.1 Å². The van der Waals surface area contributed by atoms with Crippen molar-refractivity contribution in [3.63, 3.8) is 0 Å². The van der Waals surface area contributed by atoms with Gasteiger partial charge in [-0.05, 0) is 60.5 Å². The van der Waals surface area contributed by atoms with Gasteiger partial charge in [-0.15, -0.1) is 0 Å². The molecule has 0 aliphatic heterocycles. The van der Waals surface area contributed by atoms with E-state index < -0.39 is 10.0 Å². The maximum absolute atomic E-state index is 12.2. The van der Waals surface area contributed by atoms with Gasteiger partial charge < -0.3 is 4.74 Å². The molecule has 0 aliphatic rings. The molecule has 1 N–H and O–H groups in total. The van der Waals surface area contributed by atoms with E-state index in [9.17, 15) is 13.2 Å². The Morgan fingerprint density at radius 1 is 1.12 bits per heavy atom. The number of nitrogens with one attached hydrogen (secondary N) is 1. The maximum Gasteiger partial charge on any atom is 0.229 e. The number of ketones is 1. The van der Waals surface area contributed by atoms with E-state index in [4.69, 9.17) is 4.74 Å². The van der Waals surface area contributed by atoms with Gasteiger partial charge in [0.05, 0.1) is 13.4 Å². The number of carbonyl (C=O) groups excluding carboxylic acids is 1. The lowest BCUT2D eigenvalue weighted by Crippen LogP contribution is -2.09. The summed E-state index contributed by atoms with van der Waals surface area (Å²) in [6, 6.07) is 11.9. The zero-order chi connectivity index (χ0) is 17.7. The van der Waals surface area contributed by atoms with Crippen LogP contribution in [0, 0.1) is 6.92 Å². The smallest absolute Gasteiger partial charge is 0.229 e. The molecule has 2 aromatic rings. The van der Waals surface area contributed by atoms with Crippen LogP contribution >= 0.6 is 0 Å². The monoisotopic (exact) mass is 345 g/mol. The number of ether oxygens (including phenoxy) is 1. The van der Waals surface area contributed by atoms with Crippen LogP contribution in [-0.4, -0.2) is 27.6 Å². The number of aryl methyl sites for hydroxylation is 1. The molecule has 2 rings (SSSR count). The van der Waals surface area contributed by atoms with Crippen LogP contribution in [0.15, 0.2) is 48.5 Å². The van der Waals surface area contributed by atoms with Crippen molar-refractivity contribution in [3.05, 3.63) is 65.2 Å². The third-order valence-corrected chi connectivity index (χ3v) is 3.93. The zero-order valence-electron chi connectivity index (χ0n) is 13.7. The summed E-state index contributed by atoms with van der Waals surface area (Å²) in [6.45, 7) is 1.94. The Morgan fingerprint density at radius 2 is 1.79 bits per heavy atom. The van der Waals surface area contributed by atoms with E-state index in [1.165, 1.54) is 6.08 Å². The van der Waals surface area contributed by atoms with Crippen LogP contribution in [0.5, 0.6) is 5.75 Å². The molecule has 0 saturated carbocycles. The standard InChI is InChI=1S/C18H19NO4S/c1-13-12-14(5-11-18(13)23-2)4-10-17(20)15-6-8-16(9-7-15)19-24(3,21)22/h4-12,19H,1-3H3. The van der Waals surface area contributed by atoms with Gasteiger partial charge in [0.2, 0.25) is 10.0 Å². The summed E-state index contributed by atoms with van der Waals surface area (Å²) in [7, 11) is -1.71. The Bertz CT molecular complexity index is 868. The van der Waals surface area contributed by atoms with Crippen molar-refractivity contribution in [2.24, 2.45) is 0 Å². The van der Waals surface area contributed by atoms with Gasteiger partial charge in [-0.3, -0.25) is 9.52 Å². The molecule has 2 aromatic carbocycles. The number of sulfonamides is 1. The molecule has 0 atom stereocenters. The highest BCUT2D eigenvalue weighted by molar-refractivity contribution is 7.92. The van der Waals surface area contributed by atoms with Crippen LogP contribution in [0.1, 0.15) is 21.5 Å². The molecule has 0 aliphatic carbocycles. The molecule has 126 valence electrons. The highest BCUT2D eigenvalue weighted by atomic mass is 32.2. The fourth-order valence-corrected chi connectivity index (χ4v) is 2.75. The normalized spacial score (nSPS) is 11.5. The molecule has 0 aromatic heterocycles. The summed E-state index contributed by atoms with van der Waals surface area (Å²) < 4.78 is 29.9. The Balaban J connectivity index is 2.10. The summed E-state index contributed by atoms with van der Waals surface area (Å²) in [4.78, 5) is 12.2. The Morgan fingerprint density at radius 3 is 2.33 bits per heavy atom. The zero-order valence-corrected chi connectivity index (χ0v) is 14.6. The Hall–Kier alpha value is -2.60. The highest BCUT2D eigenvalue weighted by Crippen LogP contribution is 2.19. The number of hydrogen-bond donors (Lipinski definition) is 1. The third-order valence-electron chi connectivity index (χ3n) is 3.32. The molecule has 24 heavy (non-hydrogen) atoms. The van der Waals surface area contributed by atoms with Crippen molar-refractivity contribution in [2.75, 3.05) is 18.1 Å². The second-order valence-electron chi connectivity index (χ2n) is 5.38. The van der Waals surface area contributed by atoms with Crippen molar-refractivity contribution in [1.29, 1.82) is 0 Å². The predicted octanol–water partition coefficient (Wildman–Crippen LogP) is 3.27. The summed E-state index contributed by atoms with van der Waals surface area (Å²) in [6.07, 6.45) is 4.29. The minimum Gasteiger partial charge on any atom is -0.496 e. The second-order valence-corrected chi connectivity index (χ2v) is 7.13. The minimum atomic E-state index is -3.33.